The van der Waals surface area contributed by atoms with E-state index in [-0.39, 0.29) is 19.3 Å². The fourth-order valence-corrected chi connectivity index (χ4v) is 2.82. The normalized spacial score (nSPS) is 26.0. The standard InChI is InChI=1S/C14H22F3NO3/c1-3-7-13(2,12(20)21)18-11(19)9-5-4-6-10(8-9)14(15,16)17/h9-10H,3-8H2,1-2H3,(H,18,19)(H,20,21). The minimum Gasteiger partial charge on any atom is -0.480 e. The number of hydrogen-bond donors (Lipinski definition) is 2. The summed E-state index contributed by atoms with van der Waals surface area (Å²) in [6, 6.07) is 0. The molecule has 4 nitrogen and oxygen atoms in total. The number of halogens is 3. The first-order valence-electron chi connectivity index (χ1n) is 7.22. The van der Waals surface area contributed by atoms with Crippen LogP contribution in [0.5, 0.6) is 0 Å². The average molecular weight is 309 g/mol. The summed E-state index contributed by atoms with van der Waals surface area (Å²) < 4.78 is 38.2. The second-order valence-electron chi connectivity index (χ2n) is 5.98. The third-order valence-corrected chi connectivity index (χ3v) is 4.13. The van der Waals surface area contributed by atoms with Gasteiger partial charge >= 0.3 is 12.1 Å². The third kappa shape index (κ3) is 4.61. The lowest BCUT2D eigenvalue weighted by atomic mass is 9.80. The van der Waals surface area contributed by atoms with E-state index in [0.29, 0.717) is 19.3 Å². The summed E-state index contributed by atoms with van der Waals surface area (Å²) >= 11 is 0. The first kappa shape index (κ1) is 17.8. The van der Waals surface area contributed by atoms with Crippen LogP contribution in [0.25, 0.3) is 0 Å². The quantitative estimate of drug-likeness (QED) is 0.820. The van der Waals surface area contributed by atoms with Crippen LogP contribution in [0.4, 0.5) is 13.2 Å². The maximum atomic E-state index is 12.7. The molecule has 1 rings (SSSR count). The highest BCUT2D eigenvalue weighted by Gasteiger charge is 2.44. The van der Waals surface area contributed by atoms with Gasteiger partial charge in [-0.25, -0.2) is 4.79 Å². The highest BCUT2D eigenvalue weighted by molar-refractivity contribution is 5.87. The second kappa shape index (κ2) is 6.66. The predicted molar refractivity (Wildman–Crippen MR) is 70.6 cm³/mol. The molecule has 21 heavy (non-hydrogen) atoms. The van der Waals surface area contributed by atoms with E-state index in [1.165, 1.54) is 6.92 Å². The van der Waals surface area contributed by atoms with E-state index in [0.717, 1.165) is 0 Å². The van der Waals surface area contributed by atoms with E-state index >= 15 is 0 Å². The van der Waals surface area contributed by atoms with Crippen LogP contribution < -0.4 is 5.32 Å². The average Bonchev–Trinajstić information content (AvgIpc) is 2.38. The van der Waals surface area contributed by atoms with Gasteiger partial charge in [0, 0.05) is 5.92 Å². The molecule has 3 atom stereocenters. The van der Waals surface area contributed by atoms with Crippen LogP contribution in [-0.2, 0) is 9.59 Å². The van der Waals surface area contributed by atoms with Crippen molar-refractivity contribution < 1.29 is 27.9 Å². The first-order valence-corrected chi connectivity index (χ1v) is 7.22. The van der Waals surface area contributed by atoms with Crippen molar-refractivity contribution in [1.29, 1.82) is 0 Å². The van der Waals surface area contributed by atoms with Gasteiger partial charge in [-0.2, -0.15) is 13.2 Å². The lowest BCUT2D eigenvalue weighted by molar-refractivity contribution is -0.186. The molecule has 1 fully saturated rings. The van der Waals surface area contributed by atoms with E-state index in [1.54, 1.807) is 6.92 Å². The van der Waals surface area contributed by atoms with Crippen molar-refractivity contribution in [2.75, 3.05) is 0 Å². The van der Waals surface area contributed by atoms with Crippen molar-refractivity contribution in [1.82, 2.24) is 5.32 Å². The third-order valence-electron chi connectivity index (χ3n) is 4.13. The molecule has 2 N–H and O–H groups in total. The molecule has 0 aromatic heterocycles. The molecule has 0 spiro atoms. The van der Waals surface area contributed by atoms with Crippen LogP contribution in [0.1, 0.15) is 52.4 Å². The molecule has 0 aromatic rings. The van der Waals surface area contributed by atoms with Crippen molar-refractivity contribution in [3.8, 4) is 0 Å². The number of carbonyl (C=O) groups excluding carboxylic acids is 1. The molecule has 3 unspecified atom stereocenters. The Hall–Kier alpha value is -1.27. The van der Waals surface area contributed by atoms with Gasteiger partial charge in [0.15, 0.2) is 0 Å². The monoisotopic (exact) mass is 309 g/mol. The van der Waals surface area contributed by atoms with Crippen molar-refractivity contribution in [3.63, 3.8) is 0 Å². The number of amides is 1. The number of alkyl halides is 3. The molecular weight excluding hydrogens is 287 g/mol. The number of nitrogens with one attached hydrogen (secondary N) is 1. The molecule has 1 aliphatic carbocycles. The summed E-state index contributed by atoms with van der Waals surface area (Å²) in [7, 11) is 0. The first-order chi connectivity index (χ1) is 9.60. The van der Waals surface area contributed by atoms with Gasteiger partial charge in [0.05, 0.1) is 5.92 Å². The SMILES string of the molecule is CCCC(C)(NC(=O)C1CCCC(C(F)(F)F)C1)C(=O)O. The van der Waals surface area contributed by atoms with E-state index < -0.39 is 35.4 Å². The molecule has 7 heteroatoms. The van der Waals surface area contributed by atoms with Gasteiger partial charge < -0.3 is 10.4 Å². The molecule has 122 valence electrons. The Bertz CT molecular complexity index is 397. The van der Waals surface area contributed by atoms with Gasteiger partial charge in [-0.3, -0.25) is 4.79 Å². The van der Waals surface area contributed by atoms with Crippen molar-refractivity contribution >= 4 is 11.9 Å². The van der Waals surface area contributed by atoms with Gasteiger partial charge in [0.25, 0.3) is 0 Å². The van der Waals surface area contributed by atoms with Gasteiger partial charge in [0.2, 0.25) is 5.91 Å². The van der Waals surface area contributed by atoms with Crippen LogP contribution in [0, 0.1) is 11.8 Å². The summed E-state index contributed by atoms with van der Waals surface area (Å²) in [5.41, 5.74) is -1.42. The molecule has 0 radical (unpaired) electrons. The molecule has 0 aliphatic heterocycles. The van der Waals surface area contributed by atoms with Gasteiger partial charge in [-0.05, 0) is 32.6 Å². The van der Waals surface area contributed by atoms with Crippen molar-refractivity contribution in [2.24, 2.45) is 11.8 Å². The lowest BCUT2D eigenvalue weighted by Gasteiger charge is -2.33. The Morgan fingerprint density at radius 1 is 1.29 bits per heavy atom. The molecular formula is C14H22F3NO3. The highest BCUT2D eigenvalue weighted by atomic mass is 19.4. The number of rotatable bonds is 5. The predicted octanol–water partition coefficient (Wildman–Crippen LogP) is 3.11. The Kier molecular flexibility index (Phi) is 5.64. The highest BCUT2D eigenvalue weighted by Crippen LogP contribution is 2.40. The molecule has 0 aromatic carbocycles. The molecule has 0 saturated heterocycles. The van der Waals surface area contributed by atoms with E-state index in [4.69, 9.17) is 0 Å². The summed E-state index contributed by atoms with van der Waals surface area (Å²) in [6.45, 7) is 3.18. The fourth-order valence-electron chi connectivity index (χ4n) is 2.82. The molecule has 0 heterocycles. The summed E-state index contributed by atoms with van der Waals surface area (Å²) in [6.07, 6.45) is -3.00. The lowest BCUT2D eigenvalue weighted by Crippen LogP contribution is -2.54. The minimum absolute atomic E-state index is 0.0401. The van der Waals surface area contributed by atoms with Crippen molar-refractivity contribution in [2.45, 2.75) is 64.1 Å². The second-order valence-corrected chi connectivity index (χ2v) is 5.98. The van der Waals surface area contributed by atoms with Gasteiger partial charge in [-0.1, -0.05) is 19.8 Å². The summed E-state index contributed by atoms with van der Waals surface area (Å²) in [4.78, 5) is 23.4. The maximum absolute atomic E-state index is 12.7. The van der Waals surface area contributed by atoms with Crippen LogP contribution in [0.15, 0.2) is 0 Å². The zero-order valence-corrected chi connectivity index (χ0v) is 12.3. The zero-order chi connectivity index (χ0) is 16.3. The van der Waals surface area contributed by atoms with E-state index in [2.05, 4.69) is 5.32 Å². The Balaban J connectivity index is 2.72. The summed E-state index contributed by atoms with van der Waals surface area (Å²) in [5, 5.41) is 11.6. The molecule has 1 saturated carbocycles. The maximum Gasteiger partial charge on any atom is 0.391 e. The molecule has 1 amide bonds. The Morgan fingerprint density at radius 3 is 2.38 bits per heavy atom. The number of hydrogen-bond acceptors (Lipinski definition) is 2. The topological polar surface area (TPSA) is 66.4 Å². The summed E-state index contributed by atoms with van der Waals surface area (Å²) in [5.74, 6) is -3.98. The number of carboxylic acid groups (broad SMARTS) is 1. The van der Waals surface area contributed by atoms with Crippen LogP contribution >= 0.6 is 0 Å². The van der Waals surface area contributed by atoms with E-state index in [1.807, 2.05) is 0 Å². The van der Waals surface area contributed by atoms with Gasteiger partial charge in [-0.15, -0.1) is 0 Å². The van der Waals surface area contributed by atoms with E-state index in [9.17, 15) is 27.9 Å². The number of aliphatic carboxylic acids is 1. The minimum atomic E-state index is -4.29. The largest absolute Gasteiger partial charge is 0.480 e. The van der Waals surface area contributed by atoms with Crippen molar-refractivity contribution in [3.05, 3.63) is 0 Å². The molecule has 1 aliphatic rings. The van der Waals surface area contributed by atoms with Crippen LogP contribution in [0.3, 0.4) is 0 Å². The van der Waals surface area contributed by atoms with Crippen LogP contribution in [0.2, 0.25) is 0 Å². The van der Waals surface area contributed by atoms with Crippen LogP contribution in [-0.4, -0.2) is 28.7 Å². The Morgan fingerprint density at radius 2 is 1.90 bits per heavy atom. The number of carboxylic acids is 1. The van der Waals surface area contributed by atoms with Gasteiger partial charge in [0.1, 0.15) is 5.54 Å². The zero-order valence-electron chi connectivity index (χ0n) is 12.3. The fraction of sp³-hybridized carbons (Fsp3) is 0.857. The smallest absolute Gasteiger partial charge is 0.391 e. The number of carbonyl (C=O) groups is 2. The molecule has 0 bridgehead atoms. The Labute approximate surface area is 122 Å².